The number of rotatable bonds is 3. The predicted molar refractivity (Wildman–Crippen MR) is 99.5 cm³/mol. The second kappa shape index (κ2) is 6.57. The topological polar surface area (TPSA) is 66.4 Å². The van der Waals surface area contributed by atoms with Crippen LogP contribution in [0.4, 0.5) is 10.2 Å². The van der Waals surface area contributed by atoms with Gasteiger partial charge in [-0.15, -0.1) is 11.3 Å². The molecule has 6 nitrogen and oxygen atoms in total. The molecule has 0 atom stereocenters. The number of piperazine rings is 1. The molecular formula is C17H17FN4O2S2. The highest BCUT2D eigenvalue weighted by atomic mass is 32.2. The number of anilines is 1. The first-order chi connectivity index (χ1) is 12.5. The lowest BCUT2D eigenvalue weighted by Crippen LogP contribution is -2.49. The summed E-state index contributed by atoms with van der Waals surface area (Å²) in [5, 5.41) is 1.96. The summed E-state index contributed by atoms with van der Waals surface area (Å²) in [6, 6.07) is 6.14. The number of hydrogen-bond donors (Lipinski definition) is 0. The van der Waals surface area contributed by atoms with Crippen LogP contribution in [-0.2, 0) is 10.0 Å². The number of thiophene rings is 1. The van der Waals surface area contributed by atoms with Crippen LogP contribution in [0, 0.1) is 12.7 Å². The van der Waals surface area contributed by atoms with Gasteiger partial charge in [0.15, 0.2) is 0 Å². The lowest BCUT2D eigenvalue weighted by Gasteiger charge is -2.34. The van der Waals surface area contributed by atoms with Gasteiger partial charge in [0, 0.05) is 26.2 Å². The molecule has 1 saturated heterocycles. The van der Waals surface area contributed by atoms with Crippen molar-refractivity contribution < 1.29 is 12.8 Å². The van der Waals surface area contributed by atoms with Crippen LogP contribution < -0.4 is 4.90 Å². The van der Waals surface area contributed by atoms with Crippen LogP contribution in [0.25, 0.3) is 10.2 Å². The van der Waals surface area contributed by atoms with E-state index in [4.69, 9.17) is 0 Å². The minimum absolute atomic E-state index is 0.265. The van der Waals surface area contributed by atoms with Crippen LogP contribution in [0.2, 0.25) is 0 Å². The fourth-order valence-electron chi connectivity index (χ4n) is 3.10. The third-order valence-corrected chi connectivity index (χ3v) is 7.30. The van der Waals surface area contributed by atoms with Crippen molar-refractivity contribution in [1.82, 2.24) is 14.3 Å². The van der Waals surface area contributed by atoms with Crippen molar-refractivity contribution in [2.75, 3.05) is 31.1 Å². The van der Waals surface area contributed by atoms with E-state index >= 15 is 0 Å². The van der Waals surface area contributed by atoms with Crippen molar-refractivity contribution in [2.24, 2.45) is 0 Å². The number of benzene rings is 1. The Morgan fingerprint density at radius 3 is 2.62 bits per heavy atom. The van der Waals surface area contributed by atoms with Crippen LogP contribution >= 0.6 is 11.3 Å². The van der Waals surface area contributed by atoms with Crippen molar-refractivity contribution in [1.29, 1.82) is 0 Å². The van der Waals surface area contributed by atoms with Gasteiger partial charge in [-0.25, -0.2) is 22.8 Å². The van der Waals surface area contributed by atoms with Gasteiger partial charge in [0.2, 0.25) is 10.0 Å². The maximum absolute atomic E-state index is 14.1. The Morgan fingerprint density at radius 2 is 1.88 bits per heavy atom. The summed E-state index contributed by atoms with van der Waals surface area (Å²) in [4.78, 5) is 10.4. The SMILES string of the molecule is Cc1ccc(S(=O)(=O)N2CCN(c3ncnc4ccsc34)CC2)c(F)c1. The third-order valence-electron chi connectivity index (χ3n) is 4.47. The lowest BCUT2D eigenvalue weighted by molar-refractivity contribution is 0.381. The summed E-state index contributed by atoms with van der Waals surface area (Å²) in [7, 11) is -3.85. The first kappa shape index (κ1) is 17.3. The molecule has 0 unspecified atom stereocenters. The molecule has 0 radical (unpaired) electrons. The van der Waals surface area contributed by atoms with E-state index in [2.05, 4.69) is 14.9 Å². The first-order valence-corrected chi connectivity index (χ1v) is 10.5. The molecule has 0 aliphatic carbocycles. The number of nitrogens with zero attached hydrogens (tertiary/aromatic N) is 4. The Morgan fingerprint density at radius 1 is 1.12 bits per heavy atom. The zero-order chi connectivity index (χ0) is 18.3. The van der Waals surface area contributed by atoms with E-state index in [1.165, 1.54) is 22.8 Å². The smallest absolute Gasteiger partial charge is 0.246 e. The Balaban J connectivity index is 1.55. The van der Waals surface area contributed by atoms with E-state index in [9.17, 15) is 12.8 Å². The molecule has 1 aliphatic heterocycles. The van der Waals surface area contributed by atoms with Gasteiger partial charge >= 0.3 is 0 Å². The molecule has 1 fully saturated rings. The van der Waals surface area contributed by atoms with Gasteiger partial charge < -0.3 is 4.90 Å². The first-order valence-electron chi connectivity index (χ1n) is 8.16. The highest BCUT2D eigenvalue weighted by Crippen LogP contribution is 2.29. The summed E-state index contributed by atoms with van der Waals surface area (Å²) in [5.41, 5.74) is 1.58. The summed E-state index contributed by atoms with van der Waals surface area (Å²) in [6.45, 7) is 3.29. The van der Waals surface area contributed by atoms with Gasteiger partial charge in [-0.1, -0.05) is 6.07 Å². The molecule has 4 rings (SSSR count). The average molecular weight is 392 g/mol. The third kappa shape index (κ3) is 2.95. The molecule has 0 spiro atoms. The zero-order valence-electron chi connectivity index (χ0n) is 14.1. The minimum atomic E-state index is -3.85. The number of sulfonamides is 1. The molecule has 0 amide bonds. The van der Waals surface area contributed by atoms with Crippen LogP contribution in [-0.4, -0.2) is 48.9 Å². The van der Waals surface area contributed by atoms with Crippen molar-refractivity contribution in [3.8, 4) is 0 Å². The Hall–Kier alpha value is -2.10. The minimum Gasteiger partial charge on any atom is -0.353 e. The van der Waals surface area contributed by atoms with Gasteiger partial charge in [-0.05, 0) is 36.1 Å². The largest absolute Gasteiger partial charge is 0.353 e. The van der Waals surface area contributed by atoms with Gasteiger partial charge in [0.25, 0.3) is 0 Å². The van der Waals surface area contributed by atoms with Gasteiger partial charge in [-0.3, -0.25) is 0 Å². The number of hydrogen-bond acceptors (Lipinski definition) is 6. The lowest BCUT2D eigenvalue weighted by atomic mass is 10.2. The van der Waals surface area contributed by atoms with E-state index in [-0.39, 0.29) is 18.0 Å². The van der Waals surface area contributed by atoms with E-state index in [1.807, 2.05) is 11.4 Å². The highest BCUT2D eigenvalue weighted by Gasteiger charge is 2.31. The zero-order valence-corrected chi connectivity index (χ0v) is 15.7. The molecule has 3 aromatic rings. The average Bonchev–Trinajstić information content (AvgIpc) is 3.10. The van der Waals surface area contributed by atoms with Crippen LogP contribution in [0.1, 0.15) is 5.56 Å². The summed E-state index contributed by atoms with van der Waals surface area (Å²) < 4.78 is 42.0. The van der Waals surface area contributed by atoms with Crippen LogP contribution in [0.3, 0.4) is 0 Å². The van der Waals surface area contributed by atoms with Crippen molar-refractivity contribution >= 4 is 37.4 Å². The fourth-order valence-corrected chi connectivity index (χ4v) is 5.42. The molecule has 0 bridgehead atoms. The standard InChI is InChI=1S/C17H17FN4O2S2/c1-12-2-3-15(13(18)10-12)26(23,24)22-7-5-21(6-8-22)17-16-14(4-9-25-16)19-11-20-17/h2-4,9-11H,5-8H2,1H3. The maximum Gasteiger partial charge on any atom is 0.246 e. The molecule has 9 heteroatoms. The van der Waals surface area contributed by atoms with E-state index < -0.39 is 15.8 Å². The normalized spacial score (nSPS) is 16.3. The van der Waals surface area contributed by atoms with Gasteiger partial charge in [-0.2, -0.15) is 4.31 Å². The predicted octanol–water partition coefficient (Wildman–Crippen LogP) is 2.65. The second-order valence-corrected chi connectivity index (χ2v) is 8.98. The van der Waals surface area contributed by atoms with Crippen LogP contribution in [0.5, 0.6) is 0 Å². The molecule has 3 heterocycles. The molecule has 136 valence electrons. The van der Waals surface area contributed by atoms with Gasteiger partial charge in [0.1, 0.15) is 22.9 Å². The summed E-state index contributed by atoms with van der Waals surface area (Å²) in [5.74, 6) is 0.118. The molecule has 0 saturated carbocycles. The van der Waals surface area contributed by atoms with Crippen molar-refractivity contribution in [3.63, 3.8) is 0 Å². The van der Waals surface area contributed by atoms with E-state index in [1.54, 1.807) is 24.3 Å². The summed E-state index contributed by atoms with van der Waals surface area (Å²) >= 11 is 1.57. The Bertz CT molecular complexity index is 1060. The maximum atomic E-state index is 14.1. The Labute approximate surface area is 155 Å². The fraction of sp³-hybridized carbons (Fsp3) is 0.294. The number of aromatic nitrogens is 2. The van der Waals surface area contributed by atoms with E-state index in [0.29, 0.717) is 18.7 Å². The van der Waals surface area contributed by atoms with E-state index in [0.717, 1.165) is 16.0 Å². The number of aryl methyl sites for hydroxylation is 1. The number of fused-ring (bicyclic) bond motifs is 1. The molecule has 2 aromatic heterocycles. The quantitative estimate of drug-likeness (QED) is 0.686. The summed E-state index contributed by atoms with van der Waals surface area (Å²) in [6.07, 6.45) is 1.52. The highest BCUT2D eigenvalue weighted by molar-refractivity contribution is 7.89. The molecular weight excluding hydrogens is 375 g/mol. The number of halogens is 1. The molecule has 1 aromatic carbocycles. The monoisotopic (exact) mass is 392 g/mol. The molecule has 1 aliphatic rings. The molecule has 0 N–H and O–H groups in total. The van der Waals surface area contributed by atoms with Crippen molar-refractivity contribution in [2.45, 2.75) is 11.8 Å². The Kier molecular flexibility index (Phi) is 4.37. The molecule has 26 heavy (non-hydrogen) atoms. The van der Waals surface area contributed by atoms with Crippen LogP contribution in [0.15, 0.2) is 40.9 Å². The van der Waals surface area contributed by atoms with Gasteiger partial charge in [0.05, 0.1) is 10.2 Å². The van der Waals surface area contributed by atoms with Crippen molar-refractivity contribution in [3.05, 3.63) is 47.4 Å². The second-order valence-electron chi connectivity index (χ2n) is 6.16.